The SMILES string of the molecule is C=CCCCOc1ccc2cc([B-](F)(F)F)ccc2c1.[K+]. The molecule has 2 aromatic carbocycles. The molecule has 2 aromatic rings. The fraction of sp³-hybridized carbons (Fsp3) is 0.200. The van der Waals surface area contributed by atoms with Gasteiger partial charge in [-0.2, -0.15) is 0 Å². The van der Waals surface area contributed by atoms with Crippen LogP contribution in [0.5, 0.6) is 5.75 Å². The summed E-state index contributed by atoms with van der Waals surface area (Å²) in [6.07, 6.45) is 3.58. The van der Waals surface area contributed by atoms with E-state index in [1.807, 2.05) is 6.08 Å². The summed E-state index contributed by atoms with van der Waals surface area (Å²) in [5.41, 5.74) is -0.572. The zero-order valence-corrected chi connectivity index (χ0v) is 15.1. The van der Waals surface area contributed by atoms with E-state index in [2.05, 4.69) is 6.58 Å². The summed E-state index contributed by atoms with van der Waals surface area (Å²) in [6, 6.07) is 8.89. The van der Waals surface area contributed by atoms with Gasteiger partial charge in [0.2, 0.25) is 0 Å². The van der Waals surface area contributed by atoms with Crippen molar-refractivity contribution in [2.45, 2.75) is 12.8 Å². The van der Waals surface area contributed by atoms with Crippen molar-refractivity contribution >= 4 is 23.2 Å². The minimum absolute atomic E-state index is 0. The Balaban J connectivity index is 0.00000220. The van der Waals surface area contributed by atoms with Gasteiger partial charge in [0.05, 0.1) is 6.61 Å². The molecule has 0 aromatic heterocycles. The normalized spacial score (nSPS) is 11.0. The van der Waals surface area contributed by atoms with Crippen molar-refractivity contribution in [2.75, 3.05) is 6.61 Å². The molecule has 0 fully saturated rings. The first kappa shape index (κ1) is 18.8. The molecule has 0 aliphatic heterocycles. The van der Waals surface area contributed by atoms with Crippen LogP contribution in [0.1, 0.15) is 12.8 Å². The largest absolute Gasteiger partial charge is 1.00 e. The number of halogens is 3. The number of hydrogen-bond donors (Lipinski definition) is 0. The monoisotopic (exact) mass is 318 g/mol. The Morgan fingerprint density at radius 2 is 1.71 bits per heavy atom. The molecular formula is C15H15BF3KO. The van der Waals surface area contributed by atoms with E-state index in [0.29, 0.717) is 17.7 Å². The van der Waals surface area contributed by atoms with Gasteiger partial charge >= 0.3 is 58.4 Å². The van der Waals surface area contributed by atoms with Crippen LogP contribution in [0.4, 0.5) is 12.9 Å². The molecule has 0 saturated carbocycles. The molecule has 0 bridgehead atoms. The Hall–Kier alpha value is -0.269. The quantitative estimate of drug-likeness (QED) is 0.442. The second-order valence-corrected chi connectivity index (χ2v) is 4.62. The third-order valence-corrected chi connectivity index (χ3v) is 3.04. The van der Waals surface area contributed by atoms with Crippen LogP contribution in [0, 0.1) is 0 Å². The molecule has 106 valence electrons. The maximum absolute atomic E-state index is 12.7. The third kappa shape index (κ3) is 5.45. The predicted octanol–water partition coefficient (Wildman–Crippen LogP) is 1.24. The topological polar surface area (TPSA) is 9.23 Å². The predicted molar refractivity (Wildman–Crippen MR) is 77.6 cm³/mol. The van der Waals surface area contributed by atoms with Gasteiger partial charge in [-0.05, 0) is 35.7 Å². The van der Waals surface area contributed by atoms with E-state index >= 15 is 0 Å². The zero-order valence-electron chi connectivity index (χ0n) is 12.0. The zero-order chi connectivity index (χ0) is 14.6. The number of unbranched alkanes of at least 4 members (excludes halogenated alkanes) is 1. The van der Waals surface area contributed by atoms with Crippen LogP contribution in [-0.4, -0.2) is 13.6 Å². The molecule has 0 N–H and O–H groups in total. The molecule has 6 heteroatoms. The van der Waals surface area contributed by atoms with Gasteiger partial charge in [0.1, 0.15) is 5.75 Å². The Kier molecular flexibility index (Phi) is 7.50. The van der Waals surface area contributed by atoms with Gasteiger partial charge in [0.25, 0.3) is 0 Å². The first-order valence-electron chi connectivity index (χ1n) is 6.48. The van der Waals surface area contributed by atoms with E-state index in [4.69, 9.17) is 4.74 Å². The molecule has 0 unspecified atom stereocenters. The summed E-state index contributed by atoms with van der Waals surface area (Å²) >= 11 is 0. The maximum atomic E-state index is 12.7. The van der Waals surface area contributed by atoms with Crippen molar-refractivity contribution in [3.05, 3.63) is 49.1 Å². The molecule has 21 heavy (non-hydrogen) atoms. The molecule has 0 aliphatic carbocycles. The van der Waals surface area contributed by atoms with Crippen molar-refractivity contribution < 1.29 is 69.1 Å². The van der Waals surface area contributed by atoms with E-state index in [1.165, 1.54) is 12.1 Å². The Morgan fingerprint density at radius 1 is 1.05 bits per heavy atom. The Morgan fingerprint density at radius 3 is 2.38 bits per heavy atom. The molecular weight excluding hydrogens is 303 g/mol. The molecule has 2 rings (SSSR count). The van der Waals surface area contributed by atoms with Crippen molar-refractivity contribution in [2.24, 2.45) is 0 Å². The number of ether oxygens (including phenoxy) is 1. The molecule has 0 heterocycles. The van der Waals surface area contributed by atoms with Crippen LogP contribution in [0.2, 0.25) is 0 Å². The van der Waals surface area contributed by atoms with Crippen molar-refractivity contribution in [3.63, 3.8) is 0 Å². The molecule has 0 saturated heterocycles. The second kappa shape index (κ2) is 8.39. The number of hydrogen-bond acceptors (Lipinski definition) is 1. The van der Waals surface area contributed by atoms with E-state index < -0.39 is 12.4 Å². The molecule has 1 nitrogen and oxygen atoms in total. The van der Waals surface area contributed by atoms with Crippen LogP contribution in [0.15, 0.2) is 49.1 Å². The van der Waals surface area contributed by atoms with E-state index in [-0.39, 0.29) is 51.4 Å². The molecule has 0 spiro atoms. The molecule has 0 atom stereocenters. The fourth-order valence-corrected chi connectivity index (χ4v) is 1.95. The van der Waals surface area contributed by atoms with E-state index in [9.17, 15) is 12.9 Å². The Labute approximate surface area is 165 Å². The molecule has 0 radical (unpaired) electrons. The number of fused-ring (bicyclic) bond motifs is 1. The second-order valence-electron chi connectivity index (χ2n) is 4.62. The summed E-state index contributed by atoms with van der Waals surface area (Å²) in [7, 11) is 0. The fourth-order valence-electron chi connectivity index (χ4n) is 1.95. The van der Waals surface area contributed by atoms with Crippen molar-refractivity contribution in [3.8, 4) is 5.75 Å². The van der Waals surface area contributed by atoms with Gasteiger partial charge in [0.15, 0.2) is 0 Å². The van der Waals surface area contributed by atoms with Crippen LogP contribution >= 0.6 is 0 Å². The average Bonchev–Trinajstić information content (AvgIpc) is 2.42. The summed E-state index contributed by atoms with van der Waals surface area (Å²) in [6.45, 7) is -0.753. The van der Waals surface area contributed by atoms with Crippen molar-refractivity contribution in [1.82, 2.24) is 0 Å². The minimum atomic E-state index is -4.95. The molecule has 0 aliphatic rings. The van der Waals surface area contributed by atoms with Gasteiger partial charge in [-0.1, -0.05) is 30.3 Å². The number of benzene rings is 2. The smallest absolute Gasteiger partial charge is 0.494 e. The summed E-state index contributed by atoms with van der Waals surface area (Å²) in [4.78, 5) is 0. The summed E-state index contributed by atoms with van der Waals surface area (Å²) < 4.78 is 43.5. The van der Waals surface area contributed by atoms with E-state index in [0.717, 1.165) is 24.3 Å². The van der Waals surface area contributed by atoms with Gasteiger partial charge < -0.3 is 17.7 Å². The van der Waals surface area contributed by atoms with Gasteiger partial charge in [0, 0.05) is 0 Å². The number of allylic oxidation sites excluding steroid dienone is 1. The van der Waals surface area contributed by atoms with E-state index in [1.54, 1.807) is 18.2 Å². The summed E-state index contributed by atoms with van der Waals surface area (Å²) in [5, 5.41) is 1.31. The minimum Gasteiger partial charge on any atom is -0.494 e. The standard InChI is InChI=1S/C15H15BF3O.K/c1-2-3-4-9-20-15-8-6-12-10-14(16(17,18)19)7-5-13(12)11-15;/h2,5-8,10-11H,1,3-4,9H2;/q-1;+1. The van der Waals surface area contributed by atoms with Gasteiger partial charge in [-0.3, -0.25) is 0 Å². The summed E-state index contributed by atoms with van der Waals surface area (Å²) in [5.74, 6) is 0.673. The van der Waals surface area contributed by atoms with Crippen LogP contribution in [0.3, 0.4) is 0 Å². The molecule has 0 amide bonds. The third-order valence-electron chi connectivity index (χ3n) is 3.04. The van der Waals surface area contributed by atoms with Crippen LogP contribution < -0.4 is 61.6 Å². The van der Waals surface area contributed by atoms with Gasteiger partial charge in [-0.15, -0.1) is 12.0 Å². The first-order valence-corrected chi connectivity index (χ1v) is 6.48. The van der Waals surface area contributed by atoms with Crippen LogP contribution in [0.25, 0.3) is 10.8 Å². The van der Waals surface area contributed by atoms with Crippen LogP contribution in [-0.2, 0) is 0 Å². The Bertz CT molecular complexity index is 613. The van der Waals surface area contributed by atoms with Crippen molar-refractivity contribution in [1.29, 1.82) is 0 Å². The number of rotatable bonds is 6. The van der Waals surface area contributed by atoms with Gasteiger partial charge in [-0.25, -0.2) is 0 Å². The first-order chi connectivity index (χ1) is 9.50. The average molecular weight is 318 g/mol. The maximum Gasteiger partial charge on any atom is 1.00 e.